The highest BCUT2D eigenvalue weighted by Gasteiger charge is 2.48. The van der Waals surface area contributed by atoms with Gasteiger partial charge in [-0.15, -0.1) is 0 Å². The summed E-state index contributed by atoms with van der Waals surface area (Å²) in [4.78, 5) is 38.1. The molecular weight excluding hydrogens is 374 g/mol. The number of nitrogens with zero attached hydrogens (tertiary/aromatic N) is 1. The van der Waals surface area contributed by atoms with E-state index in [0.717, 1.165) is 0 Å². The van der Waals surface area contributed by atoms with Gasteiger partial charge < -0.3 is 19.8 Å². The number of ether oxygens (including phenoxy) is 1. The first-order valence-corrected chi connectivity index (χ1v) is 9.23. The van der Waals surface area contributed by atoms with Gasteiger partial charge in [0, 0.05) is 11.4 Å². The SMILES string of the molecule is CC1=C(C(=O)O)C(C)(c2ccccc2)C(C(=O)O)=C(C)N1COC(=O)C(C)(C)C. The first-order chi connectivity index (χ1) is 13.3. The Kier molecular flexibility index (Phi) is 5.92. The molecule has 0 saturated heterocycles. The molecule has 7 heteroatoms. The van der Waals surface area contributed by atoms with Crippen molar-refractivity contribution in [3.63, 3.8) is 0 Å². The lowest BCUT2D eigenvalue weighted by Crippen LogP contribution is -2.45. The number of carbonyl (C=O) groups excluding carboxylic acids is 1. The fourth-order valence-corrected chi connectivity index (χ4v) is 3.70. The maximum absolute atomic E-state index is 12.3. The van der Waals surface area contributed by atoms with Crippen molar-refractivity contribution < 1.29 is 29.3 Å². The monoisotopic (exact) mass is 401 g/mol. The van der Waals surface area contributed by atoms with Gasteiger partial charge in [0.05, 0.1) is 22.0 Å². The molecule has 1 aromatic carbocycles. The van der Waals surface area contributed by atoms with E-state index in [1.807, 2.05) is 0 Å². The van der Waals surface area contributed by atoms with Crippen molar-refractivity contribution in [1.82, 2.24) is 4.90 Å². The molecule has 0 aliphatic carbocycles. The van der Waals surface area contributed by atoms with E-state index in [9.17, 15) is 24.6 Å². The van der Waals surface area contributed by atoms with Gasteiger partial charge in [-0.2, -0.15) is 0 Å². The third-order valence-corrected chi connectivity index (χ3v) is 5.25. The Hall–Kier alpha value is -3.09. The lowest BCUT2D eigenvalue weighted by molar-refractivity contribution is -0.156. The zero-order chi connectivity index (χ0) is 22.1. The van der Waals surface area contributed by atoms with Crippen molar-refractivity contribution >= 4 is 17.9 Å². The summed E-state index contributed by atoms with van der Waals surface area (Å²) < 4.78 is 5.35. The van der Waals surface area contributed by atoms with Gasteiger partial charge in [-0.3, -0.25) is 4.79 Å². The summed E-state index contributed by atoms with van der Waals surface area (Å²) in [6.45, 7) is 9.63. The topological polar surface area (TPSA) is 104 Å². The molecule has 2 N–H and O–H groups in total. The van der Waals surface area contributed by atoms with Crippen LogP contribution in [-0.4, -0.2) is 39.8 Å². The van der Waals surface area contributed by atoms with Gasteiger partial charge in [0.1, 0.15) is 0 Å². The first-order valence-electron chi connectivity index (χ1n) is 9.23. The summed E-state index contributed by atoms with van der Waals surface area (Å²) in [6, 6.07) is 8.68. The molecule has 0 radical (unpaired) electrons. The van der Waals surface area contributed by atoms with Crippen molar-refractivity contribution in [2.24, 2.45) is 5.41 Å². The van der Waals surface area contributed by atoms with Gasteiger partial charge >= 0.3 is 17.9 Å². The van der Waals surface area contributed by atoms with Crippen LogP contribution in [0.5, 0.6) is 0 Å². The number of carbonyl (C=O) groups is 3. The van der Waals surface area contributed by atoms with Gasteiger partial charge in [0.25, 0.3) is 0 Å². The number of allylic oxidation sites excluding steroid dienone is 2. The Bertz CT molecular complexity index is 867. The molecule has 7 nitrogen and oxygen atoms in total. The van der Waals surface area contributed by atoms with E-state index in [-0.39, 0.29) is 17.9 Å². The minimum Gasteiger partial charge on any atom is -0.478 e. The minimum atomic E-state index is -1.38. The van der Waals surface area contributed by atoms with E-state index in [0.29, 0.717) is 17.0 Å². The number of hydrogen-bond acceptors (Lipinski definition) is 5. The number of benzene rings is 1. The molecule has 156 valence electrons. The summed E-state index contributed by atoms with van der Waals surface area (Å²) in [6.07, 6.45) is 0. The van der Waals surface area contributed by atoms with Gasteiger partial charge in [-0.25, -0.2) is 9.59 Å². The Morgan fingerprint density at radius 2 is 1.41 bits per heavy atom. The maximum Gasteiger partial charge on any atom is 0.334 e. The van der Waals surface area contributed by atoms with Crippen LogP contribution in [0.15, 0.2) is 52.9 Å². The Labute approximate surface area is 170 Å². The summed E-state index contributed by atoms with van der Waals surface area (Å²) in [5, 5.41) is 20.0. The van der Waals surface area contributed by atoms with Crippen LogP contribution in [0.2, 0.25) is 0 Å². The maximum atomic E-state index is 12.3. The molecule has 0 spiro atoms. The van der Waals surface area contributed by atoms with Crippen LogP contribution < -0.4 is 0 Å². The van der Waals surface area contributed by atoms with Gasteiger partial charge in [-0.1, -0.05) is 30.3 Å². The fraction of sp³-hybridized carbons (Fsp3) is 0.409. The van der Waals surface area contributed by atoms with Gasteiger partial charge in [-0.05, 0) is 47.1 Å². The lowest BCUT2D eigenvalue weighted by Gasteiger charge is -2.42. The third kappa shape index (κ3) is 3.90. The second kappa shape index (κ2) is 7.73. The summed E-state index contributed by atoms with van der Waals surface area (Å²) in [5.41, 5.74) is -1.05. The highest BCUT2D eigenvalue weighted by atomic mass is 16.5. The molecular formula is C22H27NO6. The molecule has 0 bridgehead atoms. The summed E-state index contributed by atoms with van der Waals surface area (Å²) in [5.74, 6) is -2.93. The molecule has 0 unspecified atom stereocenters. The van der Waals surface area contributed by atoms with Gasteiger partial charge in [0.15, 0.2) is 6.73 Å². The molecule has 1 aliphatic heterocycles. The molecule has 1 heterocycles. The zero-order valence-corrected chi connectivity index (χ0v) is 17.6. The van der Waals surface area contributed by atoms with E-state index in [2.05, 4.69) is 0 Å². The number of esters is 1. The largest absolute Gasteiger partial charge is 0.478 e. The number of rotatable bonds is 5. The van der Waals surface area contributed by atoms with Crippen molar-refractivity contribution in [1.29, 1.82) is 0 Å². The van der Waals surface area contributed by atoms with E-state index in [1.165, 1.54) is 4.90 Å². The minimum absolute atomic E-state index is 0.0708. The number of carboxylic acid groups (broad SMARTS) is 2. The molecule has 0 atom stereocenters. The Morgan fingerprint density at radius 1 is 0.966 bits per heavy atom. The Balaban J connectivity index is 2.68. The van der Waals surface area contributed by atoms with Crippen molar-refractivity contribution in [2.75, 3.05) is 6.73 Å². The average Bonchev–Trinajstić information content (AvgIpc) is 2.60. The van der Waals surface area contributed by atoms with E-state index < -0.39 is 28.7 Å². The van der Waals surface area contributed by atoms with Crippen LogP contribution >= 0.6 is 0 Å². The molecule has 1 aromatic rings. The van der Waals surface area contributed by atoms with Crippen molar-refractivity contribution in [2.45, 2.75) is 47.0 Å². The van der Waals surface area contributed by atoms with Crippen LogP contribution in [0, 0.1) is 5.41 Å². The molecule has 2 rings (SSSR count). The average molecular weight is 401 g/mol. The smallest absolute Gasteiger partial charge is 0.334 e. The normalized spacial score (nSPS) is 16.7. The Morgan fingerprint density at radius 3 is 1.79 bits per heavy atom. The van der Waals surface area contributed by atoms with Crippen molar-refractivity contribution in [3.8, 4) is 0 Å². The standard InChI is InChI=1S/C22H27NO6/c1-13-16(18(24)25)22(6,15-10-8-7-9-11-15)17(19(26)27)14(2)23(13)12-29-20(28)21(3,4)5/h7-11H,12H2,1-6H3,(H,24,25)(H,26,27). The van der Waals surface area contributed by atoms with Crippen LogP contribution in [-0.2, 0) is 24.5 Å². The summed E-state index contributed by atoms with van der Waals surface area (Å²) in [7, 11) is 0. The second-order valence-electron chi connectivity index (χ2n) is 8.26. The van der Waals surface area contributed by atoms with Crippen molar-refractivity contribution in [3.05, 3.63) is 58.4 Å². The van der Waals surface area contributed by atoms with Crippen LogP contribution in [0.4, 0.5) is 0 Å². The summed E-state index contributed by atoms with van der Waals surface area (Å²) >= 11 is 0. The predicted molar refractivity (Wildman–Crippen MR) is 107 cm³/mol. The van der Waals surface area contributed by atoms with E-state index >= 15 is 0 Å². The number of hydrogen-bond donors (Lipinski definition) is 2. The predicted octanol–water partition coefficient (Wildman–Crippen LogP) is 3.52. The van der Waals surface area contributed by atoms with Crippen LogP contribution in [0.1, 0.15) is 47.1 Å². The molecule has 0 amide bonds. The molecule has 0 fully saturated rings. The highest BCUT2D eigenvalue weighted by molar-refractivity contribution is 6.00. The third-order valence-electron chi connectivity index (χ3n) is 5.25. The molecule has 1 aliphatic rings. The highest BCUT2D eigenvalue weighted by Crippen LogP contribution is 2.47. The second-order valence-corrected chi connectivity index (χ2v) is 8.26. The molecule has 0 aromatic heterocycles. The molecule has 0 saturated carbocycles. The number of carboxylic acids is 2. The fourth-order valence-electron chi connectivity index (χ4n) is 3.70. The van der Waals surface area contributed by atoms with Crippen LogP contribution in [0.3, 0.4) is 0 Å². The zero-order valence-electron chi connectivity index (χ0n) is 17.6. The quantitative estimate of drug-likeness (QED) is 0.727. The van der Waals surface area contributed by atoms with Gasteiger partial charge in [0.2, 0.25) is 0 Å². The molecule has 29 heavy (non-hydrogen) atoms. The number of aliphatic carboxylic acids is 2. The van der Waals surface area contributed by atoms with E-state index in [4.69, 9.17) is 4.74 Å². The van der Waals surface area contributed by atoms with E-state index in [1.54, 1.807) is 71.9 Å². The first kappa shape index (κ1) is 22.2. The van der Waals surface area contributed by atoms with Crippen LogP contribution in [0.25, 0.3) is 0 Å². The lowest BCUT2D eigenvalue weighted by atomic mass is 9.67.